The van der Waals surface area contributed by atoms with Gasteiger partial charge in [-0.2, -0.15) is 5.26 Å². The van der Waals surface area contributed by atoms with Crippen molar-refractivity contribution >= 4 is 43.6 Å². The van der Waals surface area contributed by atoms with Gasteiger partial charge in [-0.05, 0) is 59.7 Å². The van der Waals surface area contributed by atoms with Crippen LogP contribution in [0.1, 0.15) is 5.56 Å². The van der Waals surface area contributed by atoms with Gasteiger partial charge < -0.3 is 9.13 Å². The summed E-state index contributed by atoms with van der Waals surface area (Å²) in [6.45, 7) is 0. The second kappa shape index (κ2) is 13.6. The van der Waals surface area contributed by atoms with Crippen LogP contribution in [0.25, 0.3) is 100 Å². The van der Waals surface area contributed by atoms with Crippen molar-refractivity contribution in [1.29, 1.82) is 5.26 Å². The molecule has 0 aliphatic heterocycles. The highest BCUT2D eigenvalue weighted by molar-refractivity contribution is 6.26. The van der Waals surface area contributed by atoms with E-state index in [1.54, 1.807) is 0 Å². The van der Waals surface area contributed by atoms with Crippen LogP contribution in [0.5, 0.6) is 0 Å². The van der Waals surface area contributed by atoms with Gasteiger partial charge in [0.15, 0.2) is 17.5 Å². The molecule has 11 rings (SSSR count). The molecule has 0 radical (unpaired) electrons. The monoisotopic (exact) mass is 740 g/mol. The molecule has 0 saturated heterocycles. The molecule has 0 saturated carbocycles. The molecule has 6 nitrogen and oxygen atoms in total. The van der Waals surface area contributed by atoms with Crippen molar-refractivity contribution in [3.05, 3.63) is 200 Å². The molecular formula is C52H32N6. The molecule has 0 aliphatic carbocycles. The lowest BCUT2D eigenvalue weighted by atomic mass is 10.0. The van der Waals surface area contributed by atoms with Crippen molar-refractivity contribution in [1.82, 2.24) is 24.1 Å². The van der Waals surface area contributed by atoms with Crippen molar-refractivity contribution < 1.29 is 0 Å². The van der Waals surface area contributed by atoms with E-state index in [9.17, 15) is 5.26 Å². The maximum atomic E-state index is 10.3. The average Bonchev–Trinajstić information content (AvgIpc) is 3.82. The molecule has 0 atom stereocenters. The van der Waals surface area contributed by atoms with Gasteiger partial charge in [0.1, 0.15) is 0 Å². The number of benzene rings is 8. The van der Waals surface area contributed by atoms with Crippen molar-refractivity contribution in [2.45, 2.75) is 0 Å². The fourth-order valence-electron chi connectivity index (χ4n) is 8.38. The number of hydrogen-bond acceptors (Lipinski definition) is 4. The zero-order valence-corrected chi connectivity index (χ0v) is 31.2. The van der Waals surface area contributed by atoms with Crippen LogP contribution >= 0.6 is 0 Å². The topological polar surface area (TPSA) is 72.3 Å². The summed E-state index contributed by atoms with van der Waals surface area (Å²) in [5.41, 5.74) is 11.5. The van der Waals surface area contributed by atoms with Crippen LogP contribution < -0.4 is 0 Å². The summed E-state index contributed by atoms with van der Waals surface area (Å²) < 4.78 is 4.69. The van der Waals surface area contributed by atoms with E-state index in [1.165, 1.54) is 0 Å². The summed E-state index contributed by atoms with van der Waals surface area (Å²) in [5, 5.41) is 14.9. The minimum atomic E-state index is 0.480. The number of rotatable bonds is 6. The molecule has 0 spiro atoms. The predicted molar refractivity (Wildman–Crippen MR) is 235 cm³/mol. The van der Waals surface area contributed by atoms with Crippen LogP contribution in [-0.4, -0.2) is 24.1 Å². The number of hydrogen-bond donors (Lipinski definition) is 0. The smallest absolute Gasteiger partial charge is 0.166 e. The summed E-state index contributed by atoms with van der Waals surface area (Å²) in [5.74, 6) is 1.58. The third kappa shape index (κ3) is 5.37. The lowest BCUT2D eigenvalue weighted by Gasteiger charge is -2.16. The normalized spacial score (nSPS) is 11.4. The molecule has 0 unspecified atom stereocenters. The van der Waals surface area contributed by atoms with E-state index in [0.717, 1.165) is 82.8 Å². The Morgan fingerprint density at radius 1 is 0.397 bits per heavy atom. The van der Waals surface area contributed by atoms with Crippen LogP contribution in [0.2, 0.25) is 0 Å². The van der Waals surface area contributed by atoms with Gasteiger partial charge in [-0.25, -0.2) is 15.0 Å². The first-order chi connectivity index (χ1) is 28.7. The fourth-order valence-corrected chi connectivity index (χ4v) is 8.38. The number of fused-ring (bicyclic) bond motifs is 7. The van der Waals surface area contributed by atoms with Gasteiger partial charge >= 0.3 is 0 Å². The van der Waals surface area contributed by atoms with Crippen LogP contribution in [0.15, 0.2) is 194 Å². The Morgan fingerprint density at radius 2 is 0.931 bits per heavy atom. The summed E-state index contributed by atoms with van der Waals surface area (Å²) in [7, 11) is 0. The minimum absolute atomic E-state index is 0.480. The van der Waals surface area contributed by atoms with E-state index in [4.69, 9.17) is 15.0 Å². The Morgan fingerprint density at radius 3 is 1.62 bits per heavy atom. The fraction of sp³-hybridized carbons (Fsp3) is 0. The third-order valence-electron chi connectivity index (χ3n) is 11.0. The van der Waals surface area contributed by atoms with Crippen molar-refractivity contribution in [3.8, 4) is 62.7 Å². The number of para-hydroxylation sites is 3. The van der Waals surface area contributed by atoms with Gasteiger partial charge in [-0.1, -0.05) is 146 Å². The van der Waals surface area contributed by atoms with E-state index in [0.29, 0.717) is 23.0 Å². The Bertz CT molecular complexity index is 3380. The molecule has 6 heteroatoms. The maximum absolute atomic E-state index is 10.3. The first kappa shape index (κ1) is 33.2. The quantitative estimate of drug-likeness (QED) is 0.170. The Labute approximate surface area is 334 Å². The van der Waals surface area contributed by atoms with Gasteiger partial charge in [0.05, 0.1) is 39.4 Å². The first-order valence-corrected chi connectivity index (χ1v) is 19.3. The summed E-state index contributed by atoms with van der Waals surface area (Å²) in [6, 6.07) is 69.0. The van der Waals surface area contributed by atoms with Gasteiger partial charge in [0, 0.05) is 43.9 Å². The van der Waals surface area contributed by atoms with Crippen LogP contribution in [-0.2, 0) is 0 Å². The molecule has 3 aromatic heterocycles. The summed E-state index contributed by atoms with van der Waals surface area (Å²) >= 11 is 0. The zero-order chi connectivity index (χ0) is 38.6. The van der Waals surface area contributed by atoms with E-state index in [1.807, 2.05) is 66.7 Å². The van der Waals surface area contributed by atoms with Gasteiger partial charge in [-0.3, -0.25) is 0 Å². The van der Waals surface area contributed by atoms with E-state index < -0.39 is 0 Å². The molecule has 8 aromatic carbocycles. The molecule has 0 aliphatic rings. The molecule has 270 valence electrons. The number of nitriles is 1. The van der Waals surface area contributed by atoms with Crippen LogP contribution in [0.3, 0.4) is 0 Å². The molecule has 58 heavy (non-hydrogen) atoms. The average molecular weight is 741 g/mol. The lowest BCUT2D eigenvalue weighted by Crippen LogP contribution is -2.04. The van der Waals surface area contributed by atoms with Gasteiger partial charge in [0.2, 0.25) is 0 Å². The lowest BCUT2D eigenvalue weighted by molar-refractivity contribution is 1.06. The highest BCUT2D eigenvalue weighted by Gasteiger charge is 2.24. The van der Waals surface area contributed by atoms with Gasteiger partial charge in [-0.15, -0.1) is 0 Å². The minimum Gasteiger partial charge on any atom is -0.309 e. The highest BCUT2D eigenvalue weighted by Crippen LogP contribution is 2.43. The van der Waals surface area contributed by atoms with E-state index in [2.05, 4.69) is 143 Å². The second-order valence-corrected chi connectivity index (χ2v) is 14.4. The number of nitrogens with zero attached hydrogens (tertiary/aromatic N) is 6. The molecule has 3 heterocycles. The summed E-state index contributed by atoms with van der Waals surface area (Å²) in [4.78, 5) is 15.4. The maximum Gasteiger partial charge on any atom is 0.166 e. The van der Waals surface area contributed by atoms with Crippen molar-refractivity contribution in [3.63, 3.8) is 0 Å². The molecule has 11 aromatic rings. The number of aromatic nitrogens is 5. The molecule has 0 fully saturated rings. The molecule has 0 amide bonds. The van der Waals surface area contributed by atoms with Crippen LogP contribution in [0, 0.1) is 11.3 Å². The highest BCUT2D eigenvalue weighted by atomic mass is 15.1. The van der Waals surface area contributed by atoms with Crippen molar-refractivity contribution in [2.24, 2.45) is 0 Å². The Kier molecular flexibility index (Phi) is 7.76. The van der Waals surface area contributed by atoms with E-state index in [-0.39, 0.29) is 0 Å². The van der Waals surface area contributed by atoms with E-state index >= 15 is 0 Å². The SMILES string of the molecule is N#Cc1ccc(-n2c3ccccc3c3ccc4c(c5ccccc5n4-c4ccccc4)c32)c(-c2nc(-c3ccccc3)nc(-c3ccc(-c4ccccc4)cc3)n2)c1. The van der Waals surface area contributed by atoms with Crippen LogP contribution in [0.4, 0.5) is 0 Å². The second-order valence-electron chi connectivity index (χ2n) is 14.4. The molecule has 0 bridgehead atoms. The standard InChI is InChI=1S/C52H32N6/c53-33-34-24-30-46(43(32-34)52-55-50(37-16-6-2-7-17-37)54-51(56-52)38-27-25-36(26-28-38)35-14-4-1-5-15-35)58-44-22-12-10-20-40(44)41-29-31-47-48(49(41)58)42-21-11-13-23-45(42)57(47)39-18-8-3-9-19-39/h1-32H. The predicted octanol–water partition coefficient (Wildman–Crippen LogP) is 12.6. The molecular weight excluding hydrogens is 709 g/mol. The largest absolute Gasteiger partial charge is 0.309 e. The van der Waals surface area contributed by atoms with Gasteiger partial charge in [0.25, 0.3) is 0 Å². The third-order valence-corrected chi connectivity index (χ3v) is 11.0. The molecule has 0 N–H and O–H groups in total. The summed E-state index contributed by atoms with van der Waals surface area (Å²) in [6.07, 6.45) is 0. The Balaban J connectivity index is 1.21. The first-order valence-electron chi connectivity index (χ1n) is 19.3. The van der Waals surface area contributed by atoms with Crippen molar-refractivity contribution in [2.75, 3.05) is 0 Å². The zero-order valence-electron chi connectivity index (χ0n) is 31.2. The Hall–Kier alpha value is -8.14.